The van der Waals surface area contributed by atoms with Crippen LogP contribution in [-0.2, 0) is 16.1 Å². The van der Waals surface area contributed by atoms with E-state index >= 15 is 0 Å². The van der Waals surface area contributed by atoms with Gasteiger partial charge in [-0.15, -0.1) is 0 Å². The first-order valence-corrected chi connectivity index (χ1v) is 7.69. The van der Waals surface area contributed by atoms with Gasteiger partial charge in [0.25, 0.3) is 0 Å². The lowest BCUT2D eigenvalue weighted by Gasteiger charge is -2.19. The summed E-state index contributed by atoms with van der Waals surface area (Å²) >= 11 is 0. The van der Waals surface area contributed by atoms with Crippen LogP contribution in [0.15, 0.2) is 24.3 Å². The molecule has 1 aliphatic carbocycles. The van der Waals surface area contributed by atoms with Gasteiger partial charge < -0.3 is 20.5 Å². The van der Waals surface area contributed by atoms with Crippen LogP contribution in [0, 0.1) is 11.7 Å². The minimum Gasteiger partial charge on any atom is -0.389 e. The third-order valence-corrected chi connectivity index (χ3v) is 4.22. The van der Waals surface area contributed by atoms with Gasteiger partial charge in [0.15, 0.2) is 0 Å². The second-order valence-electron chi connectivity index (χ2n) is 5.96. The highest BCUT2D eigenvalue weighted by Crippen LogP contribution is 2.28. The number of carbonyl (C=O) groups excluding carboxylic acids is 1. The maximum Gasteiger partial charge on any atom is 0.223 e. The molecule has 0 bridgehead atoms. The molecule has 0 spiro atoms. The Morgan fingerprint density at radius 1 is 1.36 bits per heavy atom. The van der Waals surface area contributed by atoms with Crippen LogP contribution in [0.4, 0.5) is 4.39 Å². The number of benzene rings is 1. The highest BCUT2D eigenvalue weighted by molar-refractivity contribution is 5.80. The van der Waals surface area contributed by atoms with E-state index in [1.807, 2.05) is 0 Å². The van der Waals surface area contributed by atoms with Crippen LogP contribution in [0.5, 0.6) is 0 Å². The summed E-state index contributed by atoms with van der Waals surface area (Å²) in [7, 11) is 0. The van der Waals surface area contributed by atoms with Gasteiger partial charge in [-0.1, -0.05) is 18.2 Å². The summed E-state index contributed by atoms with van der Waals surface area (Å²) in [4.78, 5) is 11.6. The van der Waals surface area contributed by atoms with Crippen molar-refractivity contribution in [1.82, 2.24) is 10.6 Å². The quantitative estimate of drug-likeness (QED) is 0.718. The predicted molar refractivity (Wildman–Crippen MR) is 78.5 cm³/mol. The van der Waals surface area contributed by atoms with Crippen molar-refractivity contribution >= 4 is 5.91 Å². The Hall–Kier alpha value is -1.50. The van der Waals surface area contributed by atoms with Crippen LogP contribution in [-0.4, -0.2) is 42.4 Å². The van der Waals surface area contributed by atoms with Crippen LogP contribution >= 0.6 is 0 Å². The van der Waals surface area contributed by atoms with E-state index in [0.29, 0.717) is 25.3 Å². The standard InChI is InChI=1S/C16H21FN2O3/c17-12-4-2-1-3-11(12)7-18-13-9-22-14(15(13)20)8-19-16(21)10-5-6-10/h1-4,10,13-15,18,20H,5-9H2,(H,19,21)/t13-,14-,15+/m1/s1. The molecular formula is C16H21FN2O3. The molecule has 1 saturated carbocycles. The summed E-state index contributed by atoms with van der Waals surface area (Å²) in [5.41, 5.74) is 0.556. The van der Waals surface area contributed by atoms with Gasteiger partial charge in [-0.2, -0.15) is 0 Å². The Labute approximate surface area is 128 Å². The molecule has 1 aromatic rings. The summed E-state index contributed by atoms with van der Waals surface area (Å²) in [5, 5.41) is 16.2. The van der Waals surface area contributed by atoms with E-state index in [1.54, 1.807) is 18.2 Å². The third kappa shape index (κ3) is 3.63. The van der Waals surface area contributed by atoms with Crippen molar-refractivity contribution in [2.45, 2.75) is 37.6 Å². The van der Waals surface area contributed by atoms with Gasteiger partial charge in [0.2, 0.25) is 5.91 Å². The lowest BCUT2D eigenvalue weighted by atomic mass is 10.1. The van der Waals surface area contributed by atoms with E-state index < -0.39 is 12.2 Å². The molecule has 0 radical (unpaired) electrons. The van der Waals surface area contributed by atoms with Gasteiger partial charge in [-0.3, -0.25) is 4.79 Å². The van der Waals surface area contributed by atoms with E-state index in [2.05, 4.69) is 10.6 Å². The molecule has 1 amide bonds. The molecule has 120 valence electrons. The number of hydrogen-bond acceptors (Lipinski definition) is 4. The molecule has 0 aromatic heterocycles. The van der Waals surface area contributed by atoms with E-state index in [0.717, 1.165) is 12.8 Å². The van der Waals surface area contributed by atoms with E-state index in [1.165, 1.54) is 6.07 Å². The van der Waals surface area contributed by atoms with Crippen LogP contribution in [0.3, 0.4) is 0 Å². The first kappa shape index (κ1) is 15.4. The largest absolute Gasteiger partial charge is 0.389 e. The number of halogens is 1. The number of aliphatic hydroxyl groups is 1. The van der Waals surface area contributed by atoms with Crippen molar-refractivity contribution < 1.29 is 19.0 Å². The first-order chi connectivity index (χ1) is 10.6. The van der Waals surface area contributed by atoms with E-state index in [4.69, 9.17) is 4.74 Å². The smallest absolute Gasteiger partial charge is 0.223 e. The van der Waals surface area contributed by atoms with Crippen LogP contribution in [0.2, 0.25) is 0 Å². The highest BCUT2D eigenvalue weighted by atomic mass is 19.1. The highest BCUT2D eigenvalue weighted by Gasteiger charge is 2.37. The topological polar surface area (TPSA) is 70.6 Å². The maximum absolute atomic E-state index is 13.5. The summed E-state index contributed by atoms with van der Waals surface area (Å²) in [6, 6.07) is 6.28. The Morgan fingerprint density at radius 2 is 2.14 bits per heavy atom. The molecule has 22 heavy (non-hydrogen) atoms. The monoisotopic (exact) mass is 308 g/mol. The lowest BCUT2D eigenvalue weighted by molar-refractivity contribution is -0.123. The van der Waals surface area contributed by atoms with Crippen molar-refractivity contribution in [2.24, 2.45) is 5.92 Å². The van der Waals surface area contributed by atoms with Gasteiger partial charge in [-0.25, -0.2) is 4.39 Å². The molecule has 3 atom stereocenters. The van der Waals surface area contributed by atoms with Gasteiger partial charge in [0.05, 0.1) is 18.8 Å². The zero-order valence-electron chi connectivity index (χ0n) is 12.3. The fraction of sp³-hybridized carbons (Fsp3) is 0.562. The molecule has 3 rings (SSSR count). The van der Waals surface area contributed by atoms with Crippen molar-refractivity contribution in [3.8, 4) is 0 Å². The van der Waals surface area contributed by atoms with E-state index in [-0.39, 0.29) is 23.7 Å². The molecule has 2 fully saturated rings. The second-order valence-corrected chi connectivity index (χ2v) is 5.96. The minimum atomic E-state index is -0.716. The number of carbonyl (C=O) groups is 1. The number of aliphatic hydroxyl groups excluding tert-OH is 1. The Morgan fingerprint density at radius 3 is 2.86 bits per heavy atom. The van der Waals surface area contributed by atoms with Crippen LogP contribution in [0.1, 0.15) is 18.4 Å². The van der Waals surface area contributed by atoms with Crippen molar-refractivity contribution in [3.05, 3.63) is 35.6 Å². The van der Waals surface area contributed by atoms with Crippen molar-refractivity contribution in [3.63, 3.8) is 0 Å². The van der Waals surface area contributed by atoms with Gasteiger partial charge >= 0.3 is 0 Å². The molecule has 1 aliphatic heterocycles. The molecule has 0 unspecified atom stereocenters. The van der Waals surface area contributed by atoms with E-state index in [9.17, 15) is 14.3 Å². The Kier molecular flexibility index (Phi) is 4.71. The van der Waals surface area contributed by atoms with Gasteiger partial charge in [-0.05, 0) is 18.9 Å². The van der Waals surface area contributed by atoms with Gasteiger partial charge in [0.1, 0.15) is 11.9 Å². The molecule has 6 heteroatoms. The lowest BCUT2D eigenvalue weighted by Crippen LogP contribution is -2.44. The predicted octanol–water partition coefficient (Wildman–Crippen LogP) is 0.570. The average molecular weight is 308 g/mol. The Bertz CT molecular complexity index is 536. The van der Waals surface area contributed by atoms with Crippen molar-refractivity contribution in [1.29, 1.82) is 0 Å². The first-order valence-electron chi connectivity index (χ1n) is 7.69. The number of rotatable bonds is 6. The third-order valence-electron chi connectivity index (χ3n) is 4.22. The summed E-state index contributed by atoms with van der Waals surface area (Å²) in [6.07, 6.45) is 0.770. The molecule has 1 saturated heterocycles. The minimum absolute atomic E-state index is 0.0403. The Balaban J connectivity index is 1.45. The molecule has 1 heterocycles. The maximum atomic E-state index is 13.5. The summed E-state index contributed by atoms with van der Waals surface area (Å²) in [5.74, 6) is -0.0799. The normalized spacial score (nSPS) is 27.8. The number of nitrogens with one attached hydrogen (secondary N) is 2. The summed E-state index contributed by atoms with van der Waals surface area (Å²) in [6.45, 7) is 0.993. The number of hydrogen-bond donors (Lipinski definition) is 3. The molecule has 1 aromatic carbocycles. The molecular weight excluding hydrogens is 287 g/mol. The van der Waals surface area contributed by atoms with Crippen LogP contribution in [0.25, 0.3) is 0 Å². The SMILES string of the molecule is O=C(NC[C@H]1OC[C@@H](NCc2ccccc2F)[C@@H]1O)C1CC1. The average Bonchev–Trinajstić information content (AvgIpc) is 3.30. The fourth-order valence-corrected chi connectivity index (χ4v) is 2.62. The fourth-order valence-electron chi connectivity index (χ4n) is 2.62. The molecule has 5 nitrogen and oxygen atoms in total. The zero-order valence-corrected chi connectivity index (χ0v) is 12.3. The molecule has 3 N–H and O–H groups in total. The van der Waals surface area contributed by atoms with Crippen LogP contribution < -0.4 is 10.6 Å². The molecule has 2 aliphatic rings. The van der Waals surface area contributed by atoms with Crippen molar-refractivity contribution in [2.75, 3.05) is 13.2 Å². The zero-order chi connectivity index (χ0) is 15.5. The number of amides is 1. The number of ether oxygens (including phenoxy) is 1. The van der Waals surface area contributed by atoms with Gasteiger partial charge in [0, 0.05) is 24.6 Å². The summed E-state index contributed by atoms with van der Waals surface area (Å²) < 4.78 is 19.1. The second kappa shape index (κ2) is 6.73.